The van der Waals surface area contributed by atoms with E-state index in [0.717, 1.165) is 75.9 Å². The molecule has 11 heteroatoms. The summed E-state index contributed by atoms with van der Waals surface area (Å²) < 4.78 is 25.8. The number of likely N-dealkylation sites (tertiary alicyclic amines) is 2. The minimum absolute atomic E-state index is 0. The zero-order valence-electron chi connectivity index (χ0n) is 22.8. The van der Waals surface area contributed by atoms with Crippen molar-refractivity contribution in [3.63, 3.8) is 0 Å². The molecule has 4 heterocycles. The van der Waals surface area contributed by atoms with Crippen LogP contribution in [-0.2, 0) is 6.61 Å². The van der Waals surface area contributed by atoms with Crippen molar-refractivity contribution < 1.29 is 23.4 Å². The molecule has 0 unspecified atom stereocenters. The zero-order chi connectivity index (χ0) is 26.8. The van der Waals surface area contributed by atoms with Crippen LogP contribution >= 0.6 is 24.8 Å². The third kappa shape index (κ3) is 7.16. The molecule has 2 fully saturated rings. The third-order valence-electron chi connectivity index (χ3n) is 8.09. The summed E-state index contributed by atoms with van der Waals surface area (Å²) in [7, 11) is 0. The highest BCUT2D eigenvalue weighted by atomic mass is 35.5. The van der Waals surface area contributed by atoms with Gasteiger partial charge >= 0.3 is 0 Å². The third-order valence-corrected chi connectivity index (χ3v) is 8.09. The van der Waals surface area contributed by atoms with Gasteiger partial charge < -0.3 is 34.4 Å². The van der Waals surface area contributed by atoms with E-state index < -0.39 is 0 Å². The Morgan fingerprint density at radius 2 is 1.71 bits per heavy atom. The largest absolute Gasteiger partial charge is 0.488 e. The molecule has 2 aromatic heterocycles. The maximum Gasteiger partial charge on any atom is 0.267 e. The van der Waals surface area contributed by atoms with Crippen molar-refractivity contribution in [1.82, 2.24) is 20.1 Å². The quantitative estimate of drug-likeness (QED) is 0.257. The first kappa shape index (κ1) is 31.1. The lowest BCUT2D eigenvalue weighted by Gasteiger charge is -2.35. The number of furan rings is 1. The van der Waals surface area contributed by atoms with E-state index in [1.165, 1.54) is 12.3 Å². The molecule has 2 saturated heterocycles. The number of benzene rings is 2. The molecule has 0 radical (unpaired) electrons. The molecule has 1 amide bonds. The number of carbonyl (C=O) groups excluding carboxylic acids is 1. The fraction of sp³-hybridized carbons (Fsp3) is 0.433. The van der Waals surface area contributed by atoms with Crippen LogP contribution in [0.25, 0.3) is 21.9 Å². The SMILES string of the molecule is Cl.Cl.O=C(NC1CCN(CCN2CCC(O)CC2)CC1)c1cc2c(OCc3coc4cccc(F)c34)cccc2[nH]1. The van der Waals surface area contributed by atoms with E-state index >= 15 is 0 Å². The average molecular weight is 608 g/mol. The lowest BCUT2D eigenvalue weighted by molar-refractivity contribution is 0.0729. The van der Waals surface area contributed by atoms with Gasteiger partial charge in [-0.1, -0.05) is 12.1 Å². The molecule has 2 aliphatic rings. The number of aromatic nitrogens is 1. The van der Waals surface area contributed by atoms with Crippen molar-refractivity contribution in [2.45, 2.75) is 44.4 Å². The van der Waals surface area contributed by atoms with Gasteiger partial charge in [0.2, 0.25) is 0 Å². The van der Waals surface area contributed by atoms with Gasteiger partial charge in [-0.15, -0.1) is 24.8 Å². The Kier molecular flexibility index (Phi) is 10.5. The van der Waals surface area contributed by atoms with Gasteiger partial charge in [-0.25, -0.2) is 4.39 Å². The van der Waals surface area contributed by atoms with E-state index in [9.17, 15) is 14.3 Å². The Labute approximate surface area is 251 Å². The number of ether oxygens (including phenoxy) is 1. The molecule has 8 nitrogen and oxygen atoms in total. The highest BCUT2D eigenvalue weighted by Crippen LogP contribution is 2.30. The van der Waals surface area contributed by atoms with Crippen LogP contribution in [0.15, 0.2) is 53.1 Å². The molecule has 3 N–H and O–H groups in total. The summed E-state index contributed by atoms with van der Waals surface area (Å²) in [6, 6.07) is 12.3. The van der Waals surface area contributed by atoms with Crippen molar-refractivity contribution in [2.24, 2.45) is 0 Å². The number of amides is 1. The Balaban J connectivity index is 0.00000194. The lowest BCUT2D eigenvalue weighted by atomic mass is 10.0. The van der Waals surface area contributed by atoms with E-state index in [0.29, 0.717) is 28.0 Å². The summed E-state index contributed by atoms with van der Waals surface area (Å²) in [4.78, 5) is 21.2. The number of aliphatic hydroxyl groups is 1. The molecule has 4 aromatic rings. The topological polar surface area (TPSA) is 94.0 Å². The number of halogens is 3. The average Bonchev–Trinajstić information content (AvgIpc) is 3.58. The molecule has 0 spiro atoms. The maximum absolute atomic E-state index is 14.3. The fourth-order valence-electron chi connectivity index (χ4n) is 5.73. The van der Waals surface area contributed by atoms with Crippen LogP contribution in [-0.4, -0.2) is 77.2 Å². The van der Waals surface area contributed by atoms with Crippen LogP contribution in [0.4, 0.5) is 4.39 Å². The van der Waals surface area contributed by atoms with Crippen molar-refractivity contribution >= 4 is 52.6 Å². The Hall–Kier alpha value is -2.82. The monoisotopic (exact) mass is 606 g/mol. The van der Waals surface area contributed by atoms with Gasteiger partial charge in [0.1, 0.15) is 29.5 Å². The Morgan fingerprint density at radius 3 is 2.44 bits per heavy atom. The van der Waals surface area contributed by atoms with Crippen molar-refractivity contribution in [2.75, 3.05) is 39.3 Å². The lowest BCUT2D eigenvalue weighted by Crippen LogP contribution is -2.47. The summed E-state index contributed by atoms with van der Waals surface area (Å²) >= 11 is 0. The highest BCUT2D eigenvalue weighted by Gasteiger charge is 2.23. The van der Waals surface area contributed by atoms with Crippen molar-refractivity contribution in [1.29, 1.82) is 0 Å². The predicted molar refractivity (Wildman–Crippen MR) is 162 cm³/mol. The standard InChI is InChI=1S/C30H35FN4O4.2ClH/c31-24-3-1-6-28-29(24)20(19-39-28)18-38-27-5-2-4-25-23(27)17-26(33-25)30(37)32-21-7-11-34(12-8-21)15-16-35-13-9-22(36)10-14-35;;/h1-6,17,19,21-22,33,36H,7-16,18H2,(H,32,37);2*1H. The minimum atomic E-state index is -0.341. The van der Waals surface area contributed by atoms with Crippen molar-refractivity contribution in [3.8, 4) is 5.75 Å². The van der Waals surface area contributed by atoms with Crippen LogP contribution in [0.3, 0.4) is 0 Å². The second-order valence-electron chi connectivity index (χ2n) is 10.7. The Bertz CT molecular complexity index is 1450. The number of nitrogens with one attached hydrogen (secondary N) is 2. The molecule has 41 heavy (non-hydrogen) atoms. The number of fused-ring (bicyclic) bond motifs is 2. The fourth-order valence-corrected chi connectivity index (χ4v) is 5.73. The highest BCUT2D eigenvalue weighted by molar-refractivity contribution is 5.99. The van der Waals surface area contributed by atoms with Gasteiger partial charge in [-0.3, -0.25) is 4.79 Å². The molecule has 222 valence electrons. The molecule has 2 aliphatic heterocycles. The second kappa shape index (κ2) is 13.9. The summed E-state index contributed by atoms with van der Waals surface area (Å²) in [6.07, 6.45) is 4.98. The molecule has 0 saturated carbocycles. The van der Waals surface area contributed by atoms with E-state index in [1.54, 1.807) is 12.1 Å². The molecule has 0 bridgehead atoms. The number of piperidine rings is 2. The molecule has 0 aliphatic carbocycles. The second-order valence-corrected chi connectivity index (χ2v) is 10.7. The van der Waals surface area contributed by atoms with Gasteiger partial charge in [0, 0.05) is 61.8 Å². The van der Waals surface area contributed by atoms with Crippen LogP contribution < -0.4 is 10.1 Å². The zero-order valence-corrected chi connectivity index (χ0v) is 24.4. The smallest absolute Gasteiger partial charge is 0.267 e. The van der Waals surface area contributed by atoms with E-state index in [2.05, 4.69) is 20.1 Å². The number of hydrogen-bond donors (Lipinski definition) is 3. The number of hydrogen-bond acceptors (Lipinski definition) is 6. The number of aliphatic hydroxyl groups excluding tert-OH is 1. The first-order valence-electron chi connectivity index (χ1n) is 13.9. The van der Waals surface area contributed by atoms with Gasteiger partial charge in [-0.05, 0) is 56.0 Å². The minimum Gasteiger partial charge on any atom is -0.488 e. The molecule has 6 rings (SSSR count). The number of aromatic amines is 1. The number of nitrogens with zero attached hydrogens (tertiary/aromatic N) is 2. The van der Waals surface area contributed by atoms with E-state index in [4.69, 9.17) is 9.15 Å². The molecular formula is C30H37Cl2FN4O4. The Morgan fingerprint density at radius 1 is 1.02 bits per heavy atom. The van der Waals surface area contributed by atoms with Crippen LogP contribution in [0.1, 0.15) is 41.7 Å². The number of rotatable bonds is 8. The first-order chi connectivity index (χ1) is 19.0. The molecular weight excluding hydrogens is 570 g/mol. The summed E-state index contributed by atoms with van der Waals surface area (Å²) in [5.74, 6) is 0.155. The van der Waals surface area contributed by atoms with Gasteiger partial charge in [0.05, 0.1) is 17.8 Å². The predicted octanol–water partition coefficient (Wildman–Crippen LogP) is 5.13. The van der Waals surface area contributed by atoms with Gasteiger partial charge in [0.15, 0.2) is 0 Å². The van der Waals surface area contributed by atoms with Gasteiger partial charge in [0.25, 0.3) is 5.91 Å². The van der Waals surface area contributed by atoms with Crippen molar-refractivity contribution in [3.05, 3.63) is 65.8 Å². The summed E-state index contributed by atoms with van der Waals surface area (Å²) in [5, 5.41) is 14.1. The first-order valence-corrected chi connectivity index (χ1v) is 13.9. The maximum atomic E-state index is 14.3. The van der Waals surface area contributed by atoms with E-state index in [-0.39, 0.29) is 55.3 Å². The van der Waals surface area contributed by atoms with Crippen LogP contribution in [0.5, 0.6) is 5.75 Å². The molecule has 0 atom stereocenters. The van der Waals surface area contributed by atoms with Crippen LogP contribution in [0, 0.1) is 5.82 Å². The normalized spacial score (nSPS) is 17.3. The number of H-pyrrole nitrogens is 1. The number of carbonyl (C=O) groups is 1. The van der Waals surface area contributed by atoms with Crippen LogP contribution in [0.2, 0.25) is 0 Å². The summed E-state index contributed by atoms with van der Waals surface area (Å²) in [5.41, 5.74) is 2.42. The van der Waals surface area contributed by atoms with E-state index in [1.807, 2.05) is 24.3 Å². The van der Waals surface area contributed by atoms with Gasteiger partial charge in [-0.2, -0.15) is 0 Å². The molecule has 2 aromatic carbocycles. The summed E-state index contributed by atoms with van der Waals surface area (Å²) in [6.45, 7) is 6.11.